The number of anilines is 1. The molecule has 0 bridgehead atoms. The van der Waals surface area contributed by atoms with Crippen molar-refractivity contribution in [3.8, 4) is 11.5 Å². The number of para-hydroxylation sites is 1. The number of hydrogen-bond donors (Lipinski definition) is 1. The lowest BCUT2D eigenvalue weighted by atomic mass is 10.1. The number of fused-ring (bicyclic) bond motifs is 2. The van der Waals surface area contributed by atoms with Crippen LogP contribution in [-0.2, 0) is 16.1 Å². The SMILES string of the molecule is CN(Cc1ccc2ccccc2c1)C(=O)C(=O)Nc1cccc2c1OCCO2. The molecule has 28 heavy (non-hydrogen) atoms. The minimum Gasteiger partial charge on any atom is -0.486 e. The third-order valence-electron chi connectivity index (χ3n) is 4.59. The molecule has 1 N–H and O–H groups in total. The van der Waals surface area contributed by atoms with Gasteiger partial charge in [-0.15, -0.1) is 0 Å². The van der Waals surface area contributed by atoms with Crippen LogP contribution in [0.25, 0.3) is 10.8 Å². The number of nitrogens with zero attached hydrogens (tertiary/aromatic N) is 1. The van der Waals surface area contributed by atoms with Gasteiger partial charge in [0.2, 0.25) is 0 Å². The average molecular weight is 376 g/mol. The lowest BCUT2D eigenvalue weighted by Gasteiger charge is -2.22. The number of nitrogens with one attached hydrogen (secondary N) is 1. The molecular formula is C22H20N2O4. The predicted octanol–water partition coefficient (Wildman–Crippen LogP) is 3.21. The second kappa shape index (κ2) is 7.60. The summed E-state index contributed by atoms with van der Waals surface area (Å²) in [6.45, 7) is 1.19. The summed E-state index contributed by atoms with van der Waals surface area (Å²) in [5.74, 6) is -0.332. The quantitative estimate of drug-likeness (QED) is 0.713. The van der Waals surface area contributed by atoms with Crippen molar-refractivity contribution >= 4 is 28.3 Å². The predicted molar refractivity (Wildman–Crippen MR) is 106 cm³/mol. The monoisotopic (exact) mass is 376 g/mol. The van der Waals surface area contributed by atoms with Crippen LogP contribution in [0.2, 0.25) is 0 Å². The van der Waals surface area contributed by atoms with Gasteiger partial charge in [0, 0.05) is 13.6 Å². The van der Waals surface area contributed by atoms with Crippen LogP contribution in [0, 0.1) is 0 Å². The number of amides is 2. The molecule has 0 aliphatic carbocycles. The van der Waals surface area contributed by atoms with Gasteiger partial charge in [0.25, 0.3) is 0 Å². The maximum absolute atomic E-state index is 12.5. The molecule has 1 aliphatic heterocycles. The van der Waals surface area contributed by atoms with Crippen LogP contribution in [0.3, 0.4) is 0 Å². The van der Waals surface area contributed by atoms with Crippen molar-refractivity contribution in [1.82, 2.24) is 4.90 Å². The van der Waals surface area contributed by atoms with E-state index in [1.807, 2.05) is 42.5 Å². The Morgan fingerprint density at radius 1 is 0.964 bits per heavy atom. The number of rotatable bonds is 3. The molecule has 2 amide bonds. The fraction of sp³-hybridized carbons (Fsp3) is 0.182. The first-order chi connectivity index (χ1) is 13.6. The summed E-state index contributed by atoms with van der Waals surface area (Å²) in [6, 6.07) is 19.2. The van der Waals surface area contributed by atoms with Crippen LogP contribution >= 0.6 is 0 Å². The molecule has 0 spiro atoms. The number of likely N-dealkylation sites (N-methyl/N-ethyl adjacent to an activating group) is 1. The van der Waals surface area contributed by atoms with Crippen LogP contribution in [0.15, 0.2) is 60.7 Å². The standard InChI is InChI=1S/C22H20N2O4/c1-24(14-15-9-10-16-5-2-3-6-17(16)13-15)22(26)21(25)23-18-7-4-8-19-20(18)28-12-11-27-19/h2-10,13H,11-12,14H2,1H3,(H,23,25). The molecule has 0 fully saturated rings. The average Bonchev–Trinajstić information content (AvgIpc) is 2.73. The number of carbonyl (C=O) groups is 2. The lowest BCUT2D eigenvalue weighted by Crippen LogP contribution is -2.36. The first kappa shape index (κ1) is 17.9. The van der Waals surface area contributed by atoms with Gasteiger partial charge in [-0.3, -0.25) is 9.59 Å². The van der Waals surface area contributed by atoms with E-state index in [-0.39, 0.29) is 0 Å². The van der Waals surface area contributed by atoms with Crippen LogP contribution in [0.5, 0.6) is 11.5 Å². The summed E-state index contributed by atoms with van der Waals surface area (Å²) in [6.07, 6.45) is 0. The molecule has 1 heterocycles. The van der Waals surface area contributed by atoms with Gasteiger partial charge in [0.05, 0.1) is 5.69 Å². The molecule has 0 atom stereocenters. The molecule has 0 unspecified atom stereocenters. The maximum Gasteiger partial charge on any atom is 0.314 e. The van der Waals surface area contributed by atoms with Gasteiger partial charge in [-0.1, -0.05) is 42.5 Å². The molecule has 0 aromatic heterocycles. The van der Waals surface area contributed by atoms with Gasteiger partial charge in [-0.05, 0) is 34.5 Å². The van der Waals surface area contributed by atoms with Crippen molar-refractivity contribution in [2.24, 2.45) is 0 Å². The van der Waals surface area contributed by atoms with Gasteiger partial charge in [0.15, 0.2) is 11.5 Å². The van der Waals surface area contributed by atoms with Gasteiger partial charge >= 0.3 is 11.8 Å². The third-order valence-corrected chi connectivity index (χ3v) is 4.59. The Labute approximate surface area is 162 Å². The van der Waals surface area contributed by atoms with Crippen molar-refractivity contribution in [3.05, 3.63) is 66.2 Å². The summed E-state index contributed by atoms with van der Waals surface area (Å²) in [5.41, 5.74) is 1.38. The van der Waals surface area contributed by atoms with Crippen LogP contribution in [-0.4, -0.2) is 37.0 Å². The Kier molecular flexibility index (Phi) is 4.85. The second-order valence-electron chi connectivity index (χ2n) is 6.63. The van der Waals surface area contributed by atoms with E-state index in [2.05, 4.69) is 5.32 Å². The van der Waals surface area contributed by atoms with Crippen molar-refractivity contribution < 1.29 is 19.1 Å². The zero-order valence-electron chi connectivity index (χ0n) is 15.5. The van der Waals surface area contributed by atoms with E-state index < -0.39 is 11.8 Å². The Bertz CT molecular complexity index is 1050. The summed E-state index contributed by atoms with van der Waals surface area (Å²) in [5, 5.41) is 4.86. The molecule has 4 rings (SSSR count). The van der Waals surface area contributed by atoms with Gasteiger partial charge in [0.1, 0.15) is 13.2 Å². The Morgan fingerprint density at radius 2 is 1.75 bits per heavy atom. The highest BCUT2D eigenvalue weighted by molar-refractivity contribution is 6.39. The highest BCUT2D eigenvalue weighted by atomic mass is 16.6. The highest BCUT2D eigenvalue weighted by Gasteiger charge is 2.23. The Balaban J connectivity index is 1.45. The first-order valence-electron chi connectivity index (χ1n) is 9.04. The fourth-order valence-corrected chi connectivity index (χ4v) is 3.20. The minimum absolute atomic E-state index is 0.337. The molecule has 0 saturated carbocycles. The van der Waals surface area contributed by atoms with E-state index in [1.165, 1.54) is 4.90 Å². The largest absolute Gasteiger partial charge is 0.486 e. The summed E-state index contributed by atoms with van der Waals surface area (Å²) < 4.78 is 11.1. The highest BCUT2D eigenvalue weighted by Crippen LogP contribution is 2.37. The molecule has 142 valence electrons. The molecule has 3 aromatic rings. The molecule has 3 aromatic carbocycles. The number of hydrogen-bond acceptors (Lipinski definition) is 4. The summed E-state index contributed by atoms with van der Waals surface area (Å²) in [4.78, 5) is 26.4. The number of ether oxygens (including phenoxy) is 2. The van der Waals surface area contributed by atoms with E-state index in [1.54, 1.807) is 25.2 Å². The Morgan fingerprint density at radius 3 is 2.61 bits per heavy atom. The van der Waals surface area contributed by atoms with E-state index in [0.29, 0.717) is 36.9 Å². The molecular weight excluding hydrogens is 356 g/mol. The van der Waals surface area contributed by atoms with E-state index in [9.17, 15) is 9.59 Å². The third kappa shape index (κ3) is 3.62. The molecule has 6 nitrogen and oxygen atoms in total. The van der Waals surface area contributed by atoms with E-state index >= 15 is 0 Å². The number of benzene rings is 3. The van der Waals surface area contributed by atoms with Crippen LogP contribution in [0.1, 0.15) is 5.56 Å². The van der Waals surface area contributed by atoms with E-state index in [4.69, 9.17) is 9.47 Å². The topological polar surface area (TPSA) is 67.9 Å². The zero-order valence-corrected chi connectivity index (χ0v) is 15.5. The van der Waals surface area contributed by atoms with Crippen LogP contribution < -0.4 is 14.8 Å². The lowest BCUT2D eigenvalue weighted by molar-refractivity contribution is -0.142. The number of carbonyl (C=O) groups excluding carboxylic acids is 2. The molecule has 0 saturated heterocycles. The molecule has 0 radical (unpaired) electrons. The zero-order chi connectivity index (χ0) is 19.5. The molecule has 1 aliphatic rings. The summed E-state index contributed by atoms with van der Waals surface area (Å²) >= 11 is 0. The molecule has 6 heteroatoms. The van der Waals surface area contributed by atoms with Crippen LogP contribution in [0.4, 0.5) is 5.69 Å². The minimum atomic E-state index is -0.717. The Hall–Kier alpha value is -3.54. The van der Waals surface area contributed by atoms with Crippen molar-refractivity contribution in [2.75, 3.05) is 25.6 Å². The van der Waals surface area contributed by atoms with Crippen molar-refractivity contribution in [3.63, 3.8) is 0 Å². The van der Waals surface area contributed by atoms with Gasteiger partial charge in [-0.2, -0.15) is 0 Å². The van der Waals surface area contributed by atoms with Crippen molar-refractivity contribution in [1.29, 1.82) is 0 Å². The van der Waals surface area contributed by atoms with Crippen molar-refractivity contribution in [2.45, 2.75) is 6.54 Å². The van der Waals surface area contributed by atoms with Gasteiger partial charge in [-0.25, -0.2) is 0 Å². The first-order valence-corrected chi connectivity index (χ1v) is 9.04. The smallest absolute Gasteiger partial charge is 0.314 e. The maximum atomic E-state index is 12.5. The summed E-state index contributed by atoms with van der Waals surface area (Å²) in [7, 11) is 1.61. The fourth-order valence-electron chi connectivity index (χ4n) is 3.20. The second-order valence-corrected chi connectivity index (χ2v) is 6.63. The van der Waals surface area contributed by atoms with E-state index in [0.717, 1.165) is 16.3 Å². The van der Waals surface area contributed by atoms with Gasteiger partial charge < -0.3 is 19.7 Å². The normalized spacial score (nSPS) is 12.5.